The van der Waals surface area contributed by atoms with Gasteiger partial charge in [-0.15, -0.1) is 0 Å². The number of nitrogens with one attached hydrogen (secondary N) is 1. The molecular formula is C23H32ClN3O. The Morgan fingerprint density at radius 2 is 1.61 bits per heavy atom. The number of hydrogen-bond donors (Lipinski definition) is 1. The van der Waals surface area contributed by atoms with Crippen LogP contribution < -0.4 is 10.2 Å². The van der Waals surface area contributed by atoms with Gasteiger partial charge in [0, 0.05) is 31.7 Å². The highest BCUT2D eigenvalue weighted by Crippen LogP contribution is 2.55. The van der Waals surface area contributed by atoms with Crippen molar-refractivity contribution >= 4 is 23.2 Å². The zero-order valence-electron chi connectivity index (χ0n) is 16.9. The molecule has 0 radical (unpaired) electrons. The van der Waals surface area contributed by atoms with Crippen molar-refractivity contribution in [1.82, 2.24) is 10.2 Å². The second-order valence-electron chi connectivity index (χ2n) is 9.84. The van der Waals surface area contributed by atoms with E-state index in [-0.39, 0.29) is 17.5 Å². The molecule has 1 amide bonds. The lowest BCUT2D eigenvalue weighted by molar-refractivity contribution is -0.131. The van der Waals surface area contributed by atoms with Gasteiger partial charge in [0.2, 0.25) is 5.91 Å². The molecule has 5 heteroatoms. The third-order valence-electron chi connectivity index (χ3n) is 7.86. The molecule has 28 heavy (non-hydrogen) atoms. The molecule has 5 aliphatic rings. The molecule has 1 heterocycles. The Balaban J connectivity index is 1.19. The van der Waals surface area contributed by atoms with E-state index in [2.05, 4.69) is 28.1 Å². The van der Waals surface area contributed by atoms with Crippen LogP contribution in [0, 0.1) is 17.8 Å². The molecule has 4 nitrogen and oxygen atoms in total. The van der Waals surface area contributed by atoms with Crippen molar-refractivity contribution in [3.63, 3.8) is 0 Å². The summed E-state index contributed by atoms with van der Waals surface area (Å²) in [5, 5.41) is 4.37. The van der Waals surface area contributed by atoms with Crippen molar-refractivity contribution < 1.29 is 4.79 Å². The standard InChI is InChI=1S/C23H32ClN3O/c1-16(26-6-8-27(9-7-26)21-5-3-2-4-20(21)24)22(28)25-23-13-17-10-18(14-23)12-19(11-17)15-23/h2-5,16-19H,6-15H2,1H3,(H,25,28)/t16-,17?,18?,19?,23?/m0/s1. The third-order valence-corrected chi connectivity index (χ3v) is 8.18. The SMILES string of the molecule is C[C@@H](C(=O)NC12CC3CC(CC(C3)C1)C2)N1CCN(c2ccccc2Cl)CC1. The minimum atomic E-state index is -0.0543. The van der Waals surface area contributed by atoms with Crippen molar-refractivity contribution in [3.8, 4) is 0 Å². The Hall–Kier alpha value is -1.26. The Morgan fingerprint density at radius 1 is 1.04 bits per heavy atom. The number of piperazine rings is 1. The largest absolute Gasteiger partial charge is 0.368 e. The van der Waals surface area contributed by atoms with Crippen molar-refractivity contribution in [2.75, 3.05) is 31.1 Å². The number of benzene rings is 1. The molecule has 4 saturated carbocycles. The molecule has 1 aliphatic heterocycles. The van der Waals surface area contributed by atoms with Crippen LogP contribution in [0.25, 0.3) is 0 Å². The van der Waals surface area contributed by atoms with Crippen molar-refractivity contribution in [3.05, 3.63) is 29.3 Å². The van der Waals surface area contributed by atoms with E-state index in [1.807, 2.05) is 18.2 Å². The van der Waals surface area contributed by atoms with E-state index < -0.39 is 0 Å². The fourth-order valence-corrected chi connectivity index (χ4v) is 7.11. The molecule has 0 aromatic heterocycles. The fourth-order valence-electron chi connectivity index (χ4n) is 6.85. The average Bonchev–Trinajstić information content (AvgIpc) is 2.66. The Labute approximate surface area is 173 Å². The number of carbonyl (C=O) groups excluding carboxylic acids is 1. The lowest BCUT2D eigenvalue weighted by atomic mass is 9.53. The van der Waals surface area contributed by atoms with Gasteiger partial charge in [-0.25, -0.2) is 0 Å². The van der Waals surface area contributed by atoms with Crippen LogP contribution in [0.15, 0.2) is 24.3 Å². The second kappa shape index (κ2) is 7.21. The molecule has 152 valence electrons. The topological polar surface area (TPSA) is 35.6 Å². The minimum absolute atomic E-state index is 0.0543. The minimum Gasteiger partial charge on any atom is -0.368 e. The molecule has 4 aliphatic carbocycles. The third kappa shape index (κ3) is 3.43. The summed E-state index contributed by atoms with van der Waals surface area (Å²) in [4.78, 5) is 17.8. The molecule has 6 rings (SSSR count). The van der Waals surface area contributed by atoms with Crippen LogP contribution in [0.3, 0.4) is 0 Å². The monoisotopic (exact) mass is 401 g/mol. The number of para-hydroxylation sites is 1. The summed E-state index contributed by atoms with van der Waals surface area (Å²) in [5.41, 5.74) is 1.22. The molecule has 1 saturated heterocycles. The number of halogens is 1. The maximum absolute atomic E-state index is 13.1. The summed E-state index contributed by atoms with van der Waals surface area (Å²) >= 11 is 6.36. The first-order chi connectivity index (χ1) is 13.5. The zero-order chi connectivity index (χ0) is 19.3. The van der Waals surface area contributed by atoms with Gasteiger partial charge in [0.1, 0.15) is 0 Å². The number of rotatable bonds is 4. The summed E-state index contributed by atoms with van der Waals surface area (Å²) in [6.45, 7) is 5.72. The first-order valence-corrected chi connectivity index (χ1v) is 11.4. The second-order valence-corrected chi connectivity index (χ2v) is 10.2. The molecule has 1 aromatic rings. The quantitative estimate of drug-likeness (QED) is 0.830. The number of hydrogen-bond acceptors (Lipinski definition) is 3. The number of anilines is 1. The van der Waals surface area contributed by atoms with Gasteiger partial charge in [-0.2, -0.15) is 0 Å². The predicted octanol–water partition coefficient (Wildman–Crippen LogP) is 3.94. The molecule has 0 unspecified atom stereocenters. The van der Waals surface area contributed by atoms with Crippen molar-refractivity contribution in [2.45, 2.75) is 57.0 Å². The van der Waals surface area contributed by atoms with Gasteiger partial charge < -0.3 is 10.2 Å². The lowest BCUT2D eigenvalue weighted by Crippen LogP contribution is -2.63. The molecular weight excluding hydrogens is 370 g/mol. The predicted molar refractivity (Wildman–Crippen MR) is 114 cm³/mol. The maximum atomic E-state index is 13.1. The molecule has 1 atom stereocenters. The van der Waals surface area contributed by atoms with Crippen LogP contribution in [0.2, 0.25) is 5.02 Å². The smallest absolute Gasteiger partial charge is 0.237 e. The van der Waals surface area contributed by atoms with Gasteiger partial charge in [-0.1, -0.05) is 23.7 Å². The van der Waals surface area contributed by atoms with Gasteiger partial charge in [-0.05, 0) is 75.3 Å². The van der Waals surface area contributed by atoms with E-state index in [0.29, 0.717) is 0 Å². The summed E-state index contributed by atoms with van der Waals surface area (Å²) in [5.74, 6) is 2.83. The van der Waals surface area contributed by atoms with Crippen LogP contribution in [-0.4, -0.2) is 48.6 Å². The average molecular weight is 402 g/mol. The van der Waals surface area contributed by atoms with Gasteiger partial charge in [-0.3, -0.25) is 9.69 Å². The van der Waals surface area contributed by atoms with Crippen LogP contribution in [-0.2, 0) is 4.79 Å². The summed E-state index contributed by atoms with van der Waals surface area (Å²) < 4.78 is 0. The van der Waals surface area contributed by atoms with E-state index in [1.165, 1.54) is 38.5 Å². The summed E-state index contributed by atoms with van der Waals surface area (Å²) in [6.07, 6.45) is 7.89. The fraction of sp³-hybridized carbons (Fsp3) is 0.696. The van der Waals surface area contributed by atoms with E-state index in [0.717, 1.165) is 54.6 Å². The van der Waals surface area contributed by atoms with Crippen LogP contribution >= 0.6 is 11.6 Å². The van der Waals surface area contributed by atoms with Crippen LogP contribution in [0.5, 0.6) is 0 Å². The molecule has 1 N–H and O–H groups in total. The van der Waals surface area contributed by atoms with Crippen LogP contribution in [0.1, 0.15) is 45.4 Å². The van der Waals surface area contributed by atoms with Gasteiger partial charge in [0.25, 0.3) is 0 Å². The highest BCUT2D eigenvalue weighted by atomic mass is 35.5. The number of carbonyl (C=O) groups is 1. The molecule has 1 aromatic carbocycles. The summed E-state index contributed by atoms with van der Waals surface area (Å²) in [7, 11) is 0. The Bertz CT molecular complexity index is 708. The highest BCUT2D eigenvalue weighted by molar-refractivity contribution is 6.33. The lowest BCUT2D eigenvalue weighted by Gasteiger charge is -2.57. The Kier molecular flexibility index (Phi) is 4.83. The van der Waals surface area contributed by atoms with E-state index >= 15 is 0 Å². The molecule has 4 bridgehead atoms. The van der Waals surface area contributed by atoms with Gasteiger partial charge in [0.15, 0.2) is 0 Å². The first-order valence-electron chi connectivity index (χ1n) is 11.1. The van der Waals surface area contributed by atoms with Gasteiger partial charge >= 0.3 is 0 Å². The zero-order valence-corrected chi connectivity index (χ0v) is 17.6. The Morgan fingerprint density at radius 3 is 2.18 bits per heavy atom. The van der Waals surface area contributed by atoms with E-state index in [9.17, 15) is 4.79 Å². The van der Waals surface area contributed by atoms with Gasteiger partial charge in [0.05, 0.1) is 16.8 Å². The van der Waals surface area contributed by atoms with E-state index in [1.54, 1.807) is 0 Å². The normalized spacial score (nSPS) is 35.8. The molecule has 5 fully saturated rings. The first kappa shape index (κ1) is 18.7. The highest BCUT2D eigenvalue weighted by Gasteiger charge is 2.51. The number of nitrogens with zero attached hydrogens (tertiary/aromatic N) is 2. The molecule has 0 spiro atoms. The van der Waals surface area contributed by atoms with Crippen molar-refractivity contribution in [1.29, 1.82) is 0 Å². The van der Waals surface area contributed by atoms with Crippen molar-refractivity contribution in [2.24, 2.45) is 17.8 Å². The maximum Gasteiger partial charge on any atom is 0.237 e. The van der Waals surface area contributed by atoms with Crippen LogP contribution in [0.4, 0.5) is 5.69 Å². The van der Waals surface area contributed by atoms with E-state index in [4.69, 9.17) is 11.6 Å². The number of amides is 1. The summed E-state index contributed by atoms with van der Waals surface area (Å²) in [6, 6.07) is 7.99.